The fourth-order valence-electron chi connectivity index (χ4n) is 2.69. The maximum atomic E-state index is 13.1. The van der Waals surface area contributed by atoms with Crippen LogP contribution in [0.15, 0.2) is 73.1 Å². The van der Waals surface area contributed by atoms with E-state index in [0.717, 1.165) is 11.6 Å². The highest BCUT2D eigenvalue weighted by atomic mass is 19.4. The molecule has 3 rings (SSSR count). The average Bonchev–Trinajstić information content (AvgIpc) is 2.68. The lowest BCUT2D eigenvalue weighted by molar-refractivity contribution is -0.136. The first-order valence-electron chi connectivity index (χ1n) is 8.64. The van der Waals surface area contributed by atoms with E-state index in [1.807, 2.05) is 30.3 Å². The average molecular weight is 385 g/mol. The van der Waals surface area contributed by atoms with Crippen LogP contribution in [0.25, 0.3) is 0 Å². The van der Waals surface area contributed by atoms with Gasteiger partial charge in [-0.05, 0) is 30.2 Å². The molecule has 0 saturated heterocycles. The standard InChI is InChI=1S/C21H18F3N3O/c22-21(23,24)18-8-4-5-9-19(18)27-17-12-16(13-25-14-17)20(28)26-11-10-15-6-2-1-3-7-15/h1-9,12-14,27H,10-11H2,(H,26,28). The molecule has 0 aliphatic heterocycles. The summed E-state index contributed by atoms with van der Waals surface area (Å²) in [5.74, 6) is -0.337. The van der Waals surface area contributed by atoms with Gasteiger partial charge in [0.15, 0.2) is 0 Å². The number of carbonyl (C=O) groups excluding carboxylic acids is 1. The van der Waals surface area contributed by atoms with Crippen LogP contribution in [0.5, 0.6) is 0 Å². The molecule has 0 spiro atoms. The first kappa shape index (κ1) is 19.4. The molecular formula is C21H18F3N3O. The van der Waals surface area contributed by atoms with E-state index in [1.54, 1.807) is 0 Å². The Labute approximate surface area is 160 Å². The molecule has 0 saturated carbocycles. The van der Waals surface area contributed by atoms with Crippen LogP contribution in [0.3, 0.4) is 0 Å². The summed E-state index contributed by atoms with van der Waals surface area (Å²) in [7, 11) is 0. The molecule has 1 heterocycles. The monoisotopic (exact) mass is 385 g/mol. The molecule has 0 aliphatic carbocycles. The van der Waals surface area contributed by atoms with Gasteiger partial charge in [0, 0.05) is 12.7 Å². The van der Waals surface area contributed by atoms with E-state index in [9.17, 15) is 18.0 Å². The quantitative estimate of drug-likeness (QED) is 0.640. The number of hydrogen-bond acceptors (Lipinski definition) is 3. The predicted molar refractivity (Wildman–Crippen MR) is 101 cm³/mol. The Morgan fingerprint density at radius 3 is 2.43 bits per heavy atom. The lowest BCUT2D eigenvalue weighted by atomic mass is 10.1. The highest BCUT2D eigenvalue weighted by molar-refractivity contribution is 5.94. The molecule has 144 valence electrons. The molecule has 0 aliphatic rings. The fraction of sp³-hybridized carbons (Fsp3) is 0.143. The van der Waals surface area contributed by atoms with Crippen LogP contribution in [0.4, 0.5) is 24.5 Å². The number of nitrogens with zero attached hydrogens (tertiary/aromatic N) is 1. The number of benzene rings is 2. The minimum atomic E-state index is -4.48. The van der Waals surface area contributed by atoms with Crippen molar-refractivity contribution in [1.29, 1.82) is 0 Å². The van der Waals surface area contributed by atoms with E-state index in [0.29, 0.717) is 18.7 Å². The van der Waals surface area contributed by atoms with Crippen LogP contribution >= 0.6 is 0 Å². The second-order valence-electron chi connectivity index (χ2n) is 6.12. The van der Waals surface area contributed by atoms with Crippen molar-refractivity contribution in [2.75, 3.05) is 11.9 Å². The number of hydrogen-bond donors (Lipinski definition) is 2. The van der Waals surface area contributed by atoms with Crippen LogP contribution in [0.1, 0.15) is 21.5 Å². The van der Waals surface area contributed by atoms with E-state index in [-0.39, 0.29) is 17.2 Å². The second kappa shape index (κ2) is 8.56. The first-order valence-corrected chi connectivity index (χ1v) is 8.64. The van der Waals surface area contributed by atoms with Gasteiger partial charge in [0.25, 0.3) is 5.91 Å². The van der Waals surface area contributed by atoms with Gasteiger partial charge >= 0.3 is 6.18 Å². The van der Waals surface area contributed by atoms with Crippen molar-refractivity contribution in [2.24, 2.45) is 0 Å². The Hall–Kier alpha value is -3.35. The molecule has 28 heavy (non-hydrogen) atoms. The van der Waals surface area contributed by atoms with Crippen LogP contribution in [0, 0.1) is 0 Å². The van der Waals surface area contributed by atoms with Gasteiger partial charge in [-0.2, -0.15) is 13.2 Å². The molecule has 0 atom stereocenters. The van der Waals surface area contributed by atoms with E-state index < -0.39 is 11.7 Å². The van der Waals surface area contributed by atoms with Crippen molar-refractivity contribution in [3.05, 3.63) is 89.7 Å². The summed E-state index contributed by atoms with van der Waals surface area (Å²) in [6.07, 6.45) is -1.06. The highest BCUT2D eigenvalue weighted by Gasteiger charge is 2.33. The Morgan fingerprint density at radius 1 is 0.964 bits per heavy atom. The molecule has 2 aromatic carbocycles. The Balaban J connectivity index is 1.66. The first-order chi connectivity index (χ1) is 13.4. The molecule has 0 fully saturated rings. The van der Waals surface area contributed by atoms with Crippen LogP contribution < -0.4 is 10.6 Å². The highest BCUT2D eigenvalue weighted by Crippen LogP contribution is 2.35. The SMILES string of the molecule is O=C(NCCc1ccccc1)c1cncc(Nc2ccccc2C(F)(F)F)c1. The number of alkyl halides is 3. The maximum absolute atomic E-state index is 13.1. The normalized spacial score (nSPS) is 11.1. The van der Waals surface area contributed by atoms with Crippen molar-refractivity contribution in [3.8, 4) is 0 Å². The Morgan fingerprint density at radius 2 is 1.68 bits per heavy atom. The summed E-state index contributed by atoms with van der Waals surface area (Å²) >= 11 is 0. The van der Waals surface area contributed by atoms with Crippen LogP contribution in [-0.4, -0.2) is 17.4 Å². The summed E-state index contributed by atoms with van der Waals surface area (Å²) in [5.41, 5.74) is 0.779. The third-order valence-corrected chi connectivity index (χ3v) is 4.05. The fourth-order valence-corrected chi connectivity index (χ4v) is 2.69. The third kappa shape index (κ3) is 5.09. The zero-order valence-electron chi connectivity index (χ0n) is 14.8. The van der Waals surface area contributed by atoms with Crippen LogP contribution in [-0.2, 0) is 12.6 Å². The van der Waals surface area contributed by atoms with Crippen molar-refractivity contribution >= 4 is 17.3 Å². The number of rotatable bonds is 6. The van der Waals surface area contributed by atoms with Gasteiger partial charge in [-0.15, -0.1) is 0 Å². The predicted octanol–water partition coefficient (Wildman–Crippen LogP) is 4.82. The molecule has 0 bridgehead atoms. The number of anilines is 2. The minimum absolute atomic E-state index is 0.0987. The minimum Gasteiger partial charge on any atom is -0.354 e. The zero-order chi connectivity index (χ0) is 20.0. The van der Waals surface area contributed by atoms with Gasteiger partial charge in [-0.1, -0.05) is 42.5 Å². The van der Waals surface area contributed by atoms with Gasteiger partial charge in [0.05, 0.1) is 28.7 Å². The van der Waals surface area contributed by atoms with E-state index in [2.05, 4.69) is 15.6 Å². The largest absolute Gasteiger partial charge is 0.418 e. The molecule has 0 radical (unpaired) electrons. The lowest BCUT2D eigenvalue weighted by Crippen LogP contribution is -2.25. The number of aromatic nitrogens is 1. The summed E-state index contributed by atoms with van der Waals surface area (Å²) in [4.78, 5) is 16.3. The molecular weight excluding hydrogens is 367 g/mol. The second-order valence-corrected chi connectivity index (χ2v) is 6.12. The van der Waals surface area contributed by atoms with E-state index >= 15 is 0 Å². The van der Waals surface area contributed by atoms with Crippen molar-refractivity contribution in [2.45, 2.75) is 12.6 Å². The third-order valence-electron chi connectivity index (χ3n) is 4.05. The molecule has 1 amide bonds. The lowest BCUT2D eigenvalue weighted by Gasteiger charge is -2.14. The number of para-hydroxylation sites is 1. The van der Waals surface area contributed by atoms with Gasteiger partial charge < -0.3 is 10.6 Å². The molecule has 7 heteroatoms. The summed E-state index contributed by atoms with van der Waals surface area (Å²) < 4.78 is 39.4. The molecule has 3 aromatic rings. The Bertz CT molecular complexity index is 943. The summed E-state index contributed by atoms with van der Waals surface area (Å²) in [5, 5.41) is 5.48. The number of amides is 1. The smallest absolute Gasteiger partial charge is 0.354 e. The topological polar surface area (TPSA) is 54.0 Å². The van der Waals surface area contributed by atoms with Crippen molar-refractivity contribution in [3.63, 3.8) is 0 Å². The molecule has 2 N–H and O–H groups in total. The Kier molecular flexibility index (Phi) is 5.93. The van der Waals surface area contributed by atoms with E-state index in [1.165, 1.54) is 36.7 Å². The van der Waals surface area contributed by atoms with Gasteiger partial charge in [-0.25, -0.2) is 0 Å². The number of carbonyl (C=O) groups is 1. The molecule has 4 nitrogen and oxygen atoms in total. The number of nitrogens with one attached hydrogen (secondary N) is 2. The number of halogens is 3. The maximum Gasteiger partial charge on any atom is 0.418 e. The van der Waals surface area contributed by atoms with Gasteiger partial charge in [0.1, 0.15) is 0 Å². The van der Waals surface area contributed by atoms with E-state index in [4.69, 9.17) is 0 Å². The zero-order valence-corrected chi connectivity index (χ0v) is 14.8. The van der Waals surface area contributed by atoms with Crippen LogP contribution in [0.2, 0.25) is 0 Å². The molecule has 0 unspecified atom stereocenters. The van der Waals surface area contributed by atoms with Gasteiger partial charge in [-0.3, -0.25) is 9.78 Å². The van der Waals surface area contributed by atoms with Crippen molar-refractivity contribution < 1.29 is 18.0 Å². The van der Waals surface area contributed by atoms with Crippen molar-refractivity contribution in [1.82, 2.24) is 10.3 Å². The van der Waals surface area contributed by atoms with Gasteiger partial charge in [0.2, 0.25) is 0 Å². The molecule has 1 aromatic heterocycles. The number of pyridine rings is 1. The summed E-state index contributed by atoms with van der Waals surface area (Å²) in [6, 6.07) is 16.3. The summed E-state index contributed by atoms with van der Waals surface area (Å²) in [6.45, 7) is 0.442.